The van der Waals surface area contributed by atoms with Crippen molar-refractivity contribution in [3.63, 3.8) is 0 Å². The molecule has 80 valence electrons. The van der Waals surface area contributed by atoms with E-state index in [2.05, 4.69) is 5.16 Å². The SMILES string of the molecule is COCCCCOCc1cc(C)on1. The van der Waals surface area contributed by atoms with E-state index in [0.29, 0.717) is 6.61 Å². The van der Waals surface area contributed by atoms with Gasteiger partial charge in [0.15, 0.2) is 0 Å². The number of hydrogen-bond acceptors (Lipinski definition) is 4. The van der Waals surface area contributed by atoms with Crippen molar-refractivity contribution in [2.24, 2.45) is 0 Å². The second-order valence-electron chi connectivity index (χ2n) is 3.18. The zero-order chi connectivity index (χ0) is 10.2. The standard InChI is InChI=1S/C10H17NO3/c1-9-7-10(11-14-9)8-13-6-4-3-5-12-2/h7H,3-6,8H2,1-2H3. The smallest absolute Gasteiger partial charge is 0.134 e. The van der Waals surface area contributed by atoms with Crippen LogP contribution in [-0.2, 0) is 16.1 Å². The molecule has 0 fully saturated rings. The third-order valence-electron chi connectivity index (χ3n) is 1.81. The lowest BCUT2D eigenvalue weighted by Gasteiger charge is -2.00. The van der Waals surface area contributed by atoms with Crippen molar-refractivity contribution in [1.29, 1.82) is 0 Å². The molecule has 0 N–H and O–H groups in total. The van der Waals surface area contributed by atoms with Crippen molar-refractivity contribution in [3.8, 4) is 0 Å². The lowest BCUT2D eigenvalue weighted by Crippen LogP contribution is -1.97. The van der Waals surface area contributed by atoms with Crippen molar-refractivity contribution >= 4 is 0 Å². The van der Waals surface area contributed by atoms with Crippen molar-refractivity contribution in [2.45, 2.75) is 26.4 Å². The van der Waals surface area contributed by atoms with Crippen LogP contribution in [0.2, 0.25) is 0 Å². The molecule has 0 unspecified atom stereocenters. The molecule has 0 aromatic carbocycles. The predicted octanol–water partition coefficient (Wildman–Crippen LogP) is 1.93. The van der Waals surface area contributed by atoms with Crippen molar-refractivity contribution in [2.75, 3.05) is 20.3 Å². The van der Waals surface area contributed by atoms with Gasteiger partial charge in [0.2, 0.25) is 0 Å². The fraction of sp³-hybridized carbons (Fsp3) is 0.700. The molecule has 14 heavy (non-hydrogen) atoms. The molecule has 1 heterocycles. The summed E-state index contributed by atoms with van der Waals surface area (Å²) in [4.78, 5) is 0. The normalized spacial score (nSPS) is 10.7. The topological polar surface area (TPSA) is 44.5 Å². The second kappa shape index (κ2) is 6.56. The quantitative estimate of drug-likeness (QED) is 0.629. The fourth-order valence-corrected chi connectivity index (χ4v) is 1.11. The Labute approximate surface area is 84.2 Å². The van der Waals surface area contributed by atoms with Crippen LogP contribution in [0.4, 0.5) is 0 Å². The summed E-state index contributed by atoms with van der Waals surface area (Å²) in [5, 5.41) is 3.83. The van der Waals surface area contributed by atoms with Gasteiger partial charge in [-0.15, -0.1) is 0 Å². The van der Waals surface area contributed by atoms with Gasteiger partial charge in [0.1, 0.15) is 11.5 Å². The van der Waals surface area contributed by atoms with Gasteiger partial charge in [-0.05, 0) is 19.8 Å². The van der Waals surface area contributed by atoms with Gasteiger partial charge in [-0.3, -0.25) is 0 Å². The molecule has 0 aliphatic heterocycles. The van der Waals surface area contributed by atoms with Gasteiger partial charge in [0.05, 0.1) is 6.61 Å². The van der Waals surface area contributed by atoms with Crippen LogP contribution in [-0.4, -0.2) is 25.5 Å². The molecular weight excluding hydrogens is 182 g/mol. The summed E-state index contributed by atoms with van der Waals surface area (Å²) < 4.78 is 15.2. The first-order valence-corrected chi connectivity index (χ1v) is 4.82. The highest BCUT2D eigenvalue weighted by molar-refractivity contribution is 5.01. The molecule has 1 aromatic rings. The lowest BCUT2D eigenvalue weighted by molar-refractivity contribution is 0.103. The van der Waals surface area contributed by atoms with E-state index in [1.54, 1.807) is 7.11 Å². The van der Waals surface area contributed by atoms with E-state index in [4.69, 9.17) is 14.0 Å². The number of rotatable bonds is 7. The molecule has 0 radical (unpaired) electrons. The molecule has 0 amide bonds. The Bertz CT molecular complexity index is 247. The van der Waals surface area contributed by atoms with Gasteiger partial charge in [0, 0.05) is 26.4 Å². The Morgan fingerprint density at radius 3 is 2.79 bits per heavy atom. The van der Waals surface area contributed by atoms with Crippen molar-refractivity contribution in [3.05, 3.63) is 17.5 Å². The van der Waals surface area contributed by atoms with Crippen LogP contribution in [0, 0.1) is 6.92 Å². The molecule has 0 aliphatic rings. The number of nitrogens with zero attached hydrogens (tertiary/aromatic N) is 1. The molecule has 0 spiro atoms. The number of hydrogen-bond donors (Lipinski definition) is 0. The summed E-state index contributed by atoms with van der Waals surface area (Å²) in [5.41, 5.74) is 0.856. The summed E-state index contributed by atoms with van der Waals surface area (Å²) in [7, 11) is 1.71. The minimum atomic E-state index is 0.532. The Hall–Kier alpha value is -0.870. The zero-order valence-electron chi connectivity index (χ0n) is 8.78. The third-order valence-corrected chi connectivity index (χ3v) is 1.81. The molecule has 0 saturated carbocycles. The van der Waals surface area contributed by atoms with Crippen molar-refractivity contribution in [1.82, 2.24) is 5.16 Å². The Balaban J connectivity index is 1.99. The average Bonchev–Trinajstić information content (AvgIpc) is 2.58. The Kier molecular flexibility index (Phi) is 5.25. The van der Waals surface area contributed by atoms with Gasteiger partial charge in [-0.25, -0.2) is 0 Å². The Morgan fingerprint density at radius 2 is 2.14 bits per heavy atom. The average molecular weight is 199 g/mol. The first-order chi connectivity index (χ1) is 6.83. The van der Waals surface area contributed by atoms with E-state index in [1.165, 1.54) is 0 Å². The highest BCUT2D eigenvalue weighted by Crippen LogP contribution is 2.03. The van der Waals surface area contributed by atoms with Crippen LogP contribution < -0.4 is 0 Å². The second-order valence-corrected chi connectivity index (χ2v) is 3.18. The third kappa shape index (κ3) is 4.39. The van der Waals surface area contributed by atoms with E-state index >= 15 is 0 Å². The number of ether oxygens (including phenoxy) is 2. The van der Waals surface area contributed by atoms with E-state index < -0.39 is 0 Å². The van der Waals surface area contributed by atoms with Crippen LogP contribution in [0.15, 0.2) is 10.6 Å². The fourth-order valence-electron chi connectivity index (χ4n) is 1.11. The largest absolute Gasteiger partial charge is 0.385 e. The minimum absolute atomic E-state index is 0.532. The first-order valence-electron chi connectivity index (χ1n) is 4.82. The van der Waals surface area contributed by atoms with Crippen LogP contribution >= 0.6 is 0 Å². The number of methoxy groups -OCH3 is 1. The van der Waals surface area contributed by atoms with E-state index in [-0.39, 0.29) is 0 Å². The van der Waals surface area contributed by atoms with Gasteiger partial charge in [-0.1, -0.05) is 5.16 Å². The highest BCUT2D eigenvalue weighted by Gasteiger charge is 1.99. The molecule has 4 heteroatoms. The van der Waals surface area contributed by atoms with Crippen molar-refractivity contribution < 1.29 is 14.0 Å². The molecule has 1 aromatic heterocycles. The van der Waals surface area contributed by atoms with Crippen LogP contribution in [0.25, 0.3) is 0 Å². The monoisotopic (exact) mass is 199 g/mol. The van der Waals surface area contributed by atoms with Crippen LogP contribution in [0.1, 0.15) is 24.3 Å². The van der Waals surface area contributed by atoms with Gasteiger partial charge < -0.3 is 14.0 Å². The molecule has 0 atom stereocenters. The van der Waals surface area contributed by atoms with E-state index in [1.807, 2.05) is 13.0 Å². The molecule has 4 nitrogen and oxygen atoms in total. The number of aromatic nitrogens is 1. The maximum Gasteiger partial charge on any atom is 0.134 e. The summed E-state index contributed by atoms with van der Waals surface area (Å²) in [6, 6.07) is 1.88. The summed E-state index contributed by atoms with van der Waals surface area (Å²) >= 11 is 0. The predicted molar refractivity (Wildman–Crippen MR) is 52.0 cm³/mol. The molecular formula is C10H17NO3. The van der Waals surface area contributed by atoms with Gasteiger partial charge in [0.25, 0.3) is 0 Å². The summed E-state index contributed by atoms with van der Waals surface area (Å²) in [6.07, 6.45) is 2.05. The minimum Gasteiger partial charge on any atom is -0.385 e. The summed E-state index contributed by atoms with van der Waals surface area (Å²) in [6.45, 7) is 3.95. The zero-order valence-corrected chi connectivity index (χ0v) is 8.78. The van der Waals surface area contributed by atoms with Gasteiger partial charge >= 0.3 is 0 Å². The van der Waals surface area contributed by atoms with E-state index in [9.17, 15) is 0 Å². The van der Waals surface area contributed by atoms with E-state index in [0.717, 1.165) is 37.5 Å². The molecule has 0 bridgehead atoms. The van der Waals surface area contributed by atoms with Crippen LogP contribution in [0.3, 0.4) is 0 Å². The molecule has 1 rings (SSSR count). The molecule has 0 saturated heterocycles. The number of aryl methyl sites for hydroxylation is 1. The maximum atomic E-state index is 5.40. The van der Waals surface area contributed by atoms with Gasteiger partial charge in [-0.2, -0.15) is 0 Å². The highest BCUT2D eigenvalue weighted by atomic mass is 16.5. The van der Waals surface area contributed by atoms with Crippen LogP contribution in [0.5, 0.6) is 0 Å². The Morgan fingerprint density at radius 1 is 1.36 bits per heavy atom. The first kappa shape index (κ1) is 11.2. The molecule has 0 aliphatic carbocycles. The lowest BCUT2D eigenvalue weighted by atomic mass is 10.3. The summed E-state index contributed by atoms with van der Waals surface area (Å²) in [5.74, 6) is 0.822. The maximum absolute atomic E-state index is 5.40. The number of unbranched alkanes of at least 4 members (excludes halogenated alkanes) is 1.